The van der Waals surface area contributed by atoms with Gasteiger partial charge in [0.2, 0.25) is 11.8 Å². The zero-order valence-corrected chi connectivity index (χ0v) is 11.7. The highest BCUT2D eigenvalue weighted by Crippen LogP contribution is 2.42. The van der Waals surface area contributed by atoms with Gasteiger partial charge >= 0.3 is 0 Å². The lowest BCUT2D eigenvalue weighted by Gasteiger charge is -2.22. The Morgan fingerprint density at radius 2 is 2.38 bits per heavy atom. The minimum Gasteiger partial charge on any atom is -0.479 e. The van der Waals surface area contributed by atoms with Gasteiger partial charge in [0.05, 0.1) is 26.1 Å². The van der Waals surface area contributed by atoms with Crippen molar-refractivity contribution in [2.45, 2.75) is 31.3 Å². The number of halogens is 1. The molecular weight excluding hydrogens is 281 g/mol. The summed E-state index contributed by atoms with van der Waals surface area (Å²) in [4.78, 5) is 12.1. The number of rotatable bonds is 3. The zero-order chi connectivity index (χ0) is 15.2. The number of alkyl halides is 1. The molecule has 8 nitrogen and oxygen atoms in total. The van der Waals surface area contributed by atoms with E-state index in [1.165, 1.54) is 24.9 Å². The summed E-state index contributed by atoms with van der Waals surface area (Å²) in [6.07, 6.45) is -0.0167. The summed E-state index contributed by atoms with van der Waals surface area (Å²) in [6.45, 7) is 1.17. The first-order valence-electron chi connectivity index (χ1n) is 6.45. The van der Waals surface area contributed by atoms with E-state index >= 15 is 0 Å². The number of nitrogens with two attached hydrogens (primary N) is 1. The Balaban J connectivity index is 2.11. The molecule has 0 radical (unpaired) electrons. The Labute approximate surface area is 119 Å². The highest BCUT2D eigenvalue weighted by atomic mass is 19.1. The average Bonchev–Trinajstić information content (AvgIpc) is 2.97. The number of ether oxygens (including phenoxy) is 2. The molecule has 1 aliphatic heterocycles. The lowest BCUT2D eigenvalue weighted by atomic mass is 10.0. The van der Waals surface area contributed by atoms with E-state index in [-0.39, 0.29) is 24.9 Å². The summed E-state index contributed by atoms with van der Waals surface area (Å²) in [5.74, 6) is 0.215. The molecule has 2 aromatic heterocycles. The van der Waals surface area contributed by atoms with Crippen LogP contribution in [0, 0.1) is 0 Å². The van der Waals surface area contributed by atoms with Crippen molar-refractivity contribution in [1.29, 1.82) is 0 Å². The van der Waals surface area contributed by atoms with Crippen LogP contribution >= 0.6 is 0 Å². The number of fused-ring (bicyclic) bond motifs is 1. The average molecular weight is 297 g/mol. The molecule has 0 saturated carbocycles. The van der Waals surface area contributed by atoms with Crippen molar-refractivity contribution in [3.8, 4) is 5.88 Å². The van der Waals surface area contributed by atoms with Crippen LogP contribution in [0.5, 0.6) is 5.88 Å². The normalized spacial score (nSPS) is 29.1. The van der Waals surface area contributed by atoms with E-state index in [1.807, 2.05) is 0 Å². The van der Waals surface area contributed by atoms with Gasteiger partial charge in [-0.25, -0.2) is 9.37 Å². The number of aromatic nitrogens is 4. The maximum Gasteiger partial charge on any atom is 0.246 e. The number of hydrogen-bond donors (Lipinski definition) is 2. The minimum absolute atomic E-state index is 0.00151. The van der Waals surface area contributed by atoms with Gasteiger partial charge in [-0.2, -0.15) is 9.97 Å². The second-order valence-corrected chi connectivity index (χ2v) is 5.19. The fraction of sp³-hybridized carbons (Fsp3) is 0.583. The van der Waals surface area contributed by atoms with Crippen LogP contribution < -0.4 is 10.5 Å². The summed E-state index contributed by atoms with van der Waals surface area (Å²) in [7, 11) is 1.44. The molecule has 3 rings (SSSR count). The van der Waals surface area contributed by atoms with Crippen LogP contribution in [0.1, 0.15) is 19.6 Å². The molecule has 114 valence electrons. The summed E-state index contributed by atoms with van der Waals surface area (Å²) in [6, 6.07) is 0. The van der Waals surface area contributed by atoms with Crippen molar-refractivity contribution in [3.63, 3.8) is 0 Å². The van der Waals surface area contributed by atoms with Crippen molar-refractivity contribution < 1.29 is 19.0 Å². The molecule has 0 aromatic carbocycles. The molecular formula is C12H16FN5O3. The van der Waals surface area contributed by atoms with Gasteiger partial charge < -0.3 is 20.3 Å². The van der Waals surface area contributed by atoms with Crippen LogP contribution in [0.15, 0.2) is 6.33 Å². The number of hydrogen-bond acceptors (Lipinski definition) is 7. The molecule has 0 aliphatic carbocycles. The number of nitrogens with zero attached hydrogens (tertiary/aromatic N) is 4. The Morgan fingerprint density at radius 3 is 3.00 bits per heavy atom. The molecule has 1 aliphatic rings. The topological polar surface area (TPSA) is 108 Å². The molecule has 21 heavy (non-hydrogen) atoms. The highest BCUT2D eigenvalue weighted by molar-refractivity contribution is 5.77. The van der Waals surface area contributed by atoms with Crippen molar-refractivity contribution in [2.24, 2.45) is 0 Å². The Bertz CT molecular complexity index is 674. The van der Waals surface area contributed by atoms with Crippen LogP contribution in [-0.2, 0) is 4.74 Å². The predicted molar refractivity (Wildman–Crippen MR) is 71.4 cm³/mol. The Hall–Kier alpha value is -2.00. The number of nitrogen functional groups attached to an aromatic ring is 1. The molecule has 0 bridgehead atoms. The smallest absolute Gasteiger partial charge is 0.246 e. The molecule has 3 atom stereocenters. The fourth-order valence-electron chi connectivity index (χ4n) is 2.60. The van der Waals surface area contributed by atoms with Gasteiger partial charge in [0, 0.05) is 6.42 Å². The first-order chi connectivity index (χ1) is 9.96. The Morgan fingerprint density at radius 1 is 1.62 bits per heavy atom. The third-order valence-corrected chi connectivity index (χ3v) is 3.52. The second-order valence-electron chi connectivity index (χ2n) is 5.19. The number of aliphatic hydroxyl groups is 1. The number of anilines is 1. The van der Waals surface area contributed by atoms with E-state index in [9.17, 15) is 9.50 Å². The van der Waals surface area contributed by atoms with Crippen LogP contribution in [0.3, 0.4) is 0 Å². The minimum atomic E-state index is -1.66. The van der Waals surface area contributed by atoms with Gasteiger partial charge in [0.1, 0.15) is 0 Å². The lowest BCUT2D eigenvalue weighted by Crippen LogP contribution is -2.27. The van der Waals surface area contributed by atoms with Crippen molar-refractivity contribution >= 4 is 17.1 Å². The first-order valence-corrected chi connectivity index (χ1v) is 6.45. The second kappa shape index (κ2) is 4.78. The number of aliphatic hydroxyl groups excluding tert-OH is 1. The third kappa shape index (κ3) is 2.18. The number of methoxy groups -OCH3 is 1. The molecule has 0 spiro atoms. The monoisotopic (exact) mass is 297 g/mol. The summed E-state index contributed by atoms with van der Waals surface area (Å²) >= 11 is 0. The lowest BCUT2D eigenvalue weighted by molar-refractivity contribution is -0.0565. The molecule has 3 N–H and O–H groups in total. The fourth-order valence-corrected chi connectivity index (χ4v) is 2.60. The standard InChI is InChI=1S/C12H16FN5O3/c1-12(13)3-6(4-19)21-10(12)18-5-15-7-8(18)16-11(14)17-9(7)20-2/h5-6,10,19H,3-4H2,1-2H3,(H2,14,16,17)/t6-,10+,12+/m0/s1. The molecule has 1 fully saturated rings. The van der Waals surface area contributed by atoms with Crippen LogP contribution in [-0.4, -0.2) is 50.1 Å². The molecule has 0 amide bonds. The van der Waals surface area contributed by atoms with Gasteiger partial charge in [0.25, 0.3) is 0 Å². The summed E-state index contributed by atoms with van der Waals surface area (Å²) in [5.41, 5.74) is 4.67. The summed E-state index contributed by atoms with van der Waals surface area (Å²) in [5, 5.41) is 9.17. The van der Waals surface area contributed by atoms with Crippen molar-refractivity contribution in [3.05, 3.63) is 6.33 Å². The first kappa shape index (κ1) is 14.0. The van der Waals surface area contributed by atoms with Crippen LogP contribution in [0.25, 0.3) is 11.2 Å². The van der Waals surface area contributed by atoms with E-state index in [0.717, 1.165) is 0 Å². The molecule has 1 saturated heterocycles. The van der Waals surface area contributed by atoms with Crippen LogP contribution in [0.4, 0.5) is 10.3 Å². The number of imidazole rings is 1. The quantitative estimate of drug-likeness (QED) is 0.845. The zero-order valence-electron chi connectivity index (χ0n) is 11.7. The predicted octanol–water partition coefficient (Wildman–Crippen LogP) is 0.425. The summed E-state index contributed by atoms with van der Waals surface area (Å²) < 4.78 is 26.8. The Kier molecular flexibility index (Phi) is 3.18. The van der Waals surface area contributed by atoms with Crippen LogP contribution in [0.2, 0.25) is 0 Å². The van der Waals surface area contributed by atoms with Gasteiger partial charge in [-0.1, -0.05) is 0 Å². The maximum atomic E-state index is 14.7. The van der Waals surface area contributed by atoms with Crippen molar-refractivity contribution in [1.82, 2.24) is 19.5 Å². The highest BCUT2D eigenvalue weighted by Gasteiger charge is 2.47. The SMILES string of the molecule is COc1nc(N)nc2c1ncn2[C@@H]1O[C@H](CO)C[C@@]1(C)F. The molecule has 2 aromatic rings. The molecule has 3 heterocycles. The largest absolute Gasteiger partial charge is 0.479 e. The van der Waals surface area contributed by atoms with Gasteiger partial charge in [-0.05, 0) is 6.92 Å². The van der Waals surface area contributed by atoms with Gasteiger partial charge in [-0.3, -0.25) is 4.57 Å². The van der Waals surface area contributed by atoms with E-state index < -0.39 is 18.0 Å². The van der Waals surface area contributed by atoms with E-state index in [4.69, 9.17) is 15.2 Å². The van der Waals surface area contributed by atoms with Gasteiger partial charge in [0.15, 0.2) is 23.1 Å². The maximum absolute atomic E-state index is 14.7. The van der Waals surface area contributed by atoms with Gasteiger partial charge in [-0.15, -0.1) is 0 Å². The molecule has 9 heteroatoms. The molecule has 0 unspecified atom stereocenters. The van der Waals surface area contributed by atoms with E-state index in [2.05, 4.69) is 15.0 Å². The van der Waals surface area contributed by atoms with Crippen molar-refractivity contribution in [2.75, 3.05) is 19.5 Å². The van der Waals surface area contributed by atoms with E-state index in [1.54, 1.807) is 0 Å². The van der Waals surface area contributed by atoms with E-state index in [0.29, 0.717) is 11.2 Å². The third-order valence-electron chi connectivity index (χ3n) is 3.52.